The molecule has 1 fully saturated rings. The van der Waals surface area contributed by atoms with Crippen LogP contribution in [0.2, 0.25) is 0 Å². The van der Waals surface area contributed by atoms with Crippen molar-refractivity contribution in [1.82, 2.24) is 10.2 Å². The van der Waals surface area contributed by atoms with Gasteiger partial charge in [0.1, 0.15) is 5.01 Å². The number of anilines is 2. The number of thiophene rings is 1. The second-order valence-corrected chi connectivity index (χ2v) is 9.09. The van der Waals surface area contributed by atoms with Crippen molar-refractivity contribution in [3.8, 4) is 0 Å². The number of nitrogens with one attached hydrogen (secondary N) is 1. The summed E-state index contributed by atoms with van der Waals surface area (Å²) >= 11 is 2.96. The standard InChI is InChI=1S/C21H22N4O2S2/c1-3-17-23-24-21(29-17)22-20(27)15-10-11-18(26)25(14-8-6-13(2)7-9-14)19(15)16-5-4-12-28-16/h4-9,12,15,19H,3,10-11H2,1-2H3,(H,22,24,27). The third kappa shape index (κ3) is 4.09. The summed E-state index contributed by atoms with van der Waals surface area (Å²) in [6.07, 6.45) is 1.63. The first kappa shape index (κ1) is 19.7. The zero-order chi connectivity index (χ0) is 20.4. The Morgan fingerprint density at radius 2 is 2.03 bits per heavy atom. The second kappa shape index (κ2) is 8.42. The molecule has 3 heterocycles. The Morgan fingerprint density at radius 3 is 2.69 bits per heavy atom. The van der Waals surface area contributed by atoms with E-state index in [2.05, 4.69) is 15.5 Å². The van der Waals surface area contributed by atoms with Crippen molar-refractivity contribution in [2.45, 2.75) is 39.2 Å². The number of benzene rings is 1. The van der Waals surface area contributed by atoms with Crippen LogP contribution in [-0.2, 0) is 16.0 Å². The molecule has 1 aliphatic rings. The van der Waals surface area contributed by atoms with Gasteiger partial charge in [0.25, 0.3) is 0 Å². The highest BCUT2D eigenvalue weighted by molar-refractivity contribution is 7.15. The number of amides is 2. The molecule has 0 saturated carbocycles. The quantitative estimate of drug-likeness (QED) is 0.647. The van der Waals surface area contributed by atoms with Crippen LogP contribution in [0.4, 0.5) is 10.8 Å². The molecule has 2 aromatic heterocycles. The van der Waals surface area contributed by atoms with Crippen LogP contribution in [-0.4, -0.2) is 22.0 Å². The van der Waals surface area contributed by atoms with Crippen LogP contribution in [0.15, 0.2) is 41.8 Å². The molecule has 0 bridgehead atoms. The predicted molar refractivity (Wildman–Crippen MR) is 116 cm³/mol. The van der Waals surface area contributed by atoms with Crippen LogP contribution in [0, 0.1) is 12.8 Å². The SMILES string of the molecule is CCc1nnc(NC(=O)C2CCC(=O)N(c3ccc(C)cc3)C2c2cccs2)s1. The van der Waals surface area contributed by atoms with Gasteiger partial charge >= 0.3 is 0 Å². The lowest BCUT2D eigenvalue weighted by molar-refractivity contribution is -0.125. The zero-order valence-electron chi connectivity index (χ0n) is 16.3. The molecule has 150 valence electrons. The lowest BCUT2D eigenvalue weighted by Crippen LogP contribution is -2.46. The highest BCUT2D eigenvalue weighted by Gasteiger charge is 2.42. The third-order valence-corrected chi connectivity index (χ3v) is 7.01. The summed E-state index contributed by atoms with van der Waals surface area (Å²) in [7, 11) is 0. The lowest BCUT2D eigenvalue weighted by atomic mass is 9.86. The van der Waals surface area contributed by atoms with Gasteiger partial charge in [0, 0.05) is 17.0 Å². The molecule has 1 saturated heterocycles. The third-order valence-electron chi connectivity index (χ3n) is 5.08. The van der Waals surface area contributed by atoms with Gasteiger partial charge in [-0.15, -0.1) is 21.5 Å². The van der Waals surface area contributed by atoms with Crippen LogP contribution in [0.3, 0.4) is 0 Å². The monoisotopic (exact) mass is 426 g/mol. The summed E-state index contributed by atoms with van der Waals surface area (Å²) in [5.41, 5.74) is 1.95. The molecule has 0 radical (unpaired) electrons. The van der Waals surface area contributed by atoms with E-state index in [0.29, 0.717) is 18.0 Å². The van der Waals surface area contributed by atoms with Crippen LogP contribution >= 0.6 is 22.7 Å². The van der Waals surface area contributed by atoms with Crippen molar-refractivity contribution in [1.29, 1.82) is 0 Å². The minimum atomic E-state index is -0.360. The van der Waals surface area contributed by atoms with Gasteiger partial charge in [-0.2, -0.15) is 0 Å². The summed E-state index contributed by atoms with van der Waals surface area (Å²) in [6, 6.07) is 11.5. The highest BCUT2D eigenvalue weighted by Crippen LogP contribution is 2.42. The number of aryl methyl sites for hydroxylation is 2. The molecule has 0 spiro atoms. The fourth-order valence-electron chi connectivity index (χ4n) is 3.61. The van der Waals surface area contributed by atoms with E-state index in [9.17, 15) is 9.59 Å². The maximum absolute atomic E-state index is 13.2. The molecule has 1 aliphatic heterocycles. The van der Waals surface area contributed by atoms with E-state index < -0.39 is 0 Å². The number of nitrogens with zero attached hydrogens (tertiary/aromatic N) is 3. The minimum Gasteiger partial charge on any atom is -0.303 e. The average Bonchev–Trinajstić information content (AvgIpc) is 3.40. The first-order valence-corrected chi connectivity index (χ1v) is 11.3. The second-order valence-electron chi connectivity index (χ2n) is 7.05. The Hall–Kier alpha value is -2.58. The number of aromatic nitrogens is 2. The van der Waals surface area contributed by atoms with Crippen molar-refractivity contribution < 1.29 is 9.59 Å². The first-order valence-electron chi connectivity index (χ1n) is 9.62. The molecular formula is C21H22N4O2S2. The van der Waals surface area contributed by atoms with Crippen LogP contribution in [0.1, 0.15) is 41.3 Å². The maximum atomic E-state index is 13.2. The molecule has 2 atom stereocenters. The van der Waals surface area contributed by atoms with Crippen molar-refractivity contribution in [2.24, 2.45) is 5.92 Å². The normalized spacial score (nSPS) is 19.4. The molecule has 6 nitrogen and oxygen atoms in total. The molecular weight excluding hydrogens is 404 g/mol. The van der Waals surface area contributed by atoms with E-state index in [4.69, 9.17) is 0 Å². The van der Waals surface area contributed by atoms with Crippen molar-refractivity contribution in [3.63, 3.8) is 0 Å². The summed E-state index contributed by atoms with van der Waals surface area (Å²) in [4.78, 5) is 28.9. The van der Waals surface area contributed by atoms with Gasteiger partial charge in [-0.05, 0) is 43.3 Å². The van der Waals surface area contributed by atoms with Gasteiger partial charge < -0.3 is 10.2 Å². The fraction of sp³-hybridized carbons (Fsp3) is 0.333. The topological polar surface area (TPSA) is 75.2 Å². The van der Waals surface area contributed by atoms with Gasteiger partial charge in [0.05, 0.1) is 12.0 Å². The molecule has 0 aliphatic carbocycles. The van der Waals surface area contributed by atoms with Gasteiger partial charge in [0.15, 0.2) is 0 Å². The van der Waals surface area contributed by atoms with E-state index in [1.54, 1.807) is 16.2 Å². The summed E-state index contributed by atoms with van der Waals surface area (Å²) in [5.74, 6) is -0.436. The Kier molecular flexibility index (Phi) is 5.73. The number of hydrogen-bond donors (Lipinski definition) is 1. The molecule has 29 heavy (non-hydrogen) atoms. The van der Waals surface area contributed by atoms with Gasteiger partial charge in [-0.3, -0.25) is 9.59 Å². The number of carbonyl (C=O) groups excluding carboxylic acids is 2. The Balaban J connectivity index is 1.67. The molecule has 4 rings (SSSR count). The number of rotatable bonds is 5. The molecule has 2 unspecified atom stereocenters. The Bertz CT molecular complexity index is 998. The molecule has 8 heteroatoms. The zero-order valence-corrected chi connectivity index (χ0v) is 17.9. The summed E-state index contributed by atoms with van der Waals surface area (Å²) in [6.45, 7) is 4.02. The smallest absolute Gasteiger partial charge is 0.231 e. The largest absolute Gasteiger partial charge is 0.303 e. The lowest BCUT2D eigenvalue weighted by Gasteiger charge is -2.40. The highest BCUT2D eigenvalue weighted by atomic mass is 32.1. The number of carbonyl (C=O) groups is 2. The van der Waals surface area contributed by atoms with Crippen LogP contribution < -0.4 is 10.2 Å². The van der Waals surface area contributed by atoms with E-state index in [0.717, 1.165) is 27.6 Å². The maximum Gasteiger partial charge on any atom is 0.231 e. The summed E-state index contributed by atoms with van der Waals surface area (Å²) in [5, 5.41) is 14.4. The van der Waals surface area contributed by atoms with Crippen molar-refractivity contribution >= 4 is 45.3 Å². The molecule has 1 aromatic carbocycles. The van der Waals surface area contributed by atoms with E-state index >= 15 is 0 Å². The van der Waals surface area contributed by atoms with Crippen LogP contribution in [0.25, 0.3) is 0 Å². The minimum absolute atomic E-state index is 0.0421. The Morgan fingerprint density at radius 1 is 1.24 bits per heavy atom. The number of piperidine rings is 1. The average molecular weight is 427 g/mol. The van der Waals surface area contributed by atoms with Gasteiger partial charge in [-0.1, -0.05) is 42.0 Å². The molecule has 2 amide bonds. The predicted octanol–water partition coefficient (Wildman–Crippen LogP) is 4.59. The molecule has 3 aromatic rings. The van der Waals surface area contributed by atoms with Crippen molar-refractivity contribution in [2.75, 3.05) is 10.2 Å². The Labute approximate surface area is 177 Å². The summed E-state index contributed by atoms with van der Waals surface area (Å²) < 4.78 is 0. The van der Waals surface area contributed by atoms with Gasteiger partial charge in [0.2, 0.25) is 16.9 Å². The van der Waals surface area contributed by atoms with Crippen LogP contribution in [0.5, 0.6) is 0 Å². The first-order chi connectivity index (χ1) is 14.1. The van der Waals surface area contributed by atoms with Crippen molar-refractivity contribution in [3.05, 3.63) is 57.2 Å². The van der Waals surface area contributed by atoms with E-state index in [-0.39, 0.29) is 23.8 Å². The number of hydrogen-bond acceptors (Lipinski definition) is 6. The fourth-order valence-corrected chi connectivity index (χ4v) is 5.17. The van der Waals surface area contributed by atoms with E-state index in [1.165, 1.54) is 11.3 Å². The van der Waals surface area contributed by atoms with Gasteiger partial charge in [-0.25, -0.2) is 0 Å². The van der Waals surface area contributed by atoms with E-state index in [1.807, 2.05) is 55.6 Å². The molecule has 1 N–H and O–H groups in total.